The van der Waals surface area contributed by atoms with E-state index in [-0.39, 0.29) is 5.97 Å². The maximum absolute atomic E-state index is 10.8. The number of benzene rings is 1. The van der Waals surface area contributed by atoms with E-state index in [1.54, 1.807) is 0 Å². The first-order valence-corrected chi connectivity index (χ1v) is 4.57. The molecule has 1 aliphatic rings. The van der Waals surface area contributed by atoms with E-state index in [2.05, 4.69) is 12.1 Å². The Morgan fingerprint density at radius 2 is 2.00 bits per heavy atom. The van der Waals surface area contributed by atoms with Crippen LogP contribution in [0.4, 0.5) is 0 Å². The summed E-state index contributed by atoms with van der Waals surface area (Å²) in [5, 5.41) is 0. The van der Waals surface area contributed by atoms with Gasteiger partial charge in [0.05, 0.1) is 6.61 Å². The lowest BCUT2D eigenvalue weighted by Gasteiger charge is -2.21. The molecule has 2 nitrogen and oxygen atoms in total. The van der Waals surface area contributed by atoms with Gasteiger partial charge < -0.3 is 4.74 Å². The second-order valence-corrected chi connectivity index (χ2v) is 3.33. The summed E-state index contributed by atoms with van der Waals surface area (Å²) in [6.45, 7) is 0.544. The molecule has 68 valence electrons. The van der Waals surface area contributed by atoms with Crippen molar-refractivity contribution in [3.63, 3.8) is 0 Å². The van der Waals surface area contributed by atoms with Crippen LogP contribution in [0.1, 0.15) is 24.3 Å². The van der Waals surface area contributed by atoms with E-state index in [0.717, 1.165) is 6.42 Å². The van der Waals surface area contributed by atoms with Crippen LogP contribution in [-0.2, 0) is 9.53 Å². The zero-order valence-electron chi connectivity index (χ0n) is 7.40. The Bertz CT molecular complexity index is 282. The smallest absolute Gasteiger partial charge is 0.305 e. The second kappa shape index (κ2) is 3.60. The lowest BCUT2D eigenvalue weighted by Crippen LogP contribution is -2.19. The van der Waals surface area contributed by atoms with E-state index >= 15 is 0 Å². The molecule has 0 aromatic heterocycles. The molecule has 2 heteroatoms. The summed E-state index contributed by atoms with van der Waals surface area (Å²) in [7, 11) is 0. The number of hydrogen-bond donors (Lipinski definition) is 0. The van der Waals surface area contributed by atoms with Crippen LogP contribution in [0.3, 0.4) is 0 Å². The van der Waals surface area contributed by atoms with E-state index < -0.39 is 0 Å². The maximum atomic E-state index is 10.8. The number of ether oxygens (including phenoxy) is 1. The maximum Gasteiger partial charge on any atom is 0.305 e. The summed E-state index contributed by atoms with van der Waals surface area (Å²) in [5.41, 5.74) is 1.27. The highest BCUT2D eigenvalue weighted by Gasteiger charge is 2.20. The minimum atomic E-state index is -0.0628. The van der Waals surface area contributed by atoms with Crippen molar-refractivity contribution in [2.75, 3.05) is 6.61 Å². The third-order valence-corrected chi connectivity index (χ3v) is 2.41. The zero-order valence-corrected chi connectivity index (χ0v) is 7.40. The molecule has 1 heterocycles. The van der Waals surface area contributed by atoms with Gasteiger partial charge in [0, 0.05) is 12.3 Å². The molecular weight excluding hydrogens is 164 g/mol. The minimum Gasteiger partial charge on any atom is -0.465 e. The molecule has 0 radical (unpaired) electrons. The Morgan fingerprint density at radius 3 is 2.62 bits per heavy atom. The van der Waals surface area contributed by atoms with Crippen molar-refractivity contribution >= 4 is 5.97 Å². The van der Waals surface area contributed by atoms with E-state index in [1.165, 1.54) is 5.56 Å². The summed E-state index contributed by atoms with van der Waals surface area (Å²) in [4.78, 5) is 10.8. The van der Waals surface area contributed by atoms with Crippen LogP contribution in [0, 0.1) is 0 Å². The molecule has 13 heavy (non-hydrogen) atoms. The summed E-state index contributed by atoms with van der Waals surface area (Å²) >= 11 is 0. The highest BCUT2D eigenvalue weighted by molar-refractivity contribution is 5.70. The van der Waals surface area contributed by atoms with Crippen LogP contribution < -0.4 is 0 Å². The summed E-state index contributed by atoms with van der Waals surface area (Å²) in [6.07, 6.45) is 1.47. The van der Waals surface area contributed by atoms with Gasteiger partial charge in [0.1, 0.15) is 0 Å². The molecule has 0 N–H and O–H groups in total. The lowest BCUT2D eigenvalue weighted by molar-refractivity contribution is -0.147. The molecule has 0 bridgehead atoms. The molecule has 2 rings (SSSR count). The quantitative estimate of drug-likeness (QED) is 0.612. The van der Waals surface area contributed by atoms with E-state index in [4.69, 9.17) is 4.74 Å². The number of cyclic esters (lactones) is 1. The lowest BCUT2D eigenvalue weighted by atomic mass is 9.94. The highest BCUT2D eigenvalue weighted by atomic mass is 16.5. The fourth-order valence-electron chi connectivity index (χ4n) is 1.63. The third-order valence-electron chi connectivity index (χ3n) is 2.41. The van der Waals surface area contributed by atoms with Crippen LogP contribution in [0.5, 0.6) is 0 Å². The number of hydrogen-bond acceptors (Lipinski definition) is 2. The molecule has 1 aromatic carbocycles. The van der Waals surface area contributed by atoms with Gasteiger partial charge in [-0.3, -0.25) is 4.79 Å². The molecule has 0 amide bonds. The number of esters is 1. The van der Waals surface area contributed by atoms with E-state index in [9.17, 15) is 4.79 Å². The van der Waals surface area contributed by atoms with Gasteiger partial charge in [-0.1, -0.05) is 30.3 Å². The molecule has 0 unspecified atom stereocenters. The largest absolute Gasteiger partial charge is 0.465 e. The third kappa shape index (κ3) is 1.89. The van der Waals surface area contributed by atoms with Gasteiger partial charge in [-0.25, -0.2) is 0 Å². The van der Waals surface area contributed by atoms with E-state index in [0.29, 0.717) is 18.9 Å². The average molecular weight is 176 g/mol. The van der Waals surface area contributed by atoms with Crippen molar-refractivity contribution in [3.05, 3.63) is 35.9 Å². The van der Waals surface area contributed by atoms with Crippen molar-refractivity contribution in [1.29, 1.82) is 0 Å². The average Bonchev–Trinajstić information content (AvgIpc) is 2.20. The molecule has 0 saturated carbocycles. The first-order chi connectivity index (χ1) is 6.36. The van der Waals surface area contributed by atoms with Gasteiger partial charge >= 0.3 is 5.97 Å². The van der Waals surface area contributed by atoms with Crippen molar-refractivity contribution < 1.29 is 9.53 Å². The first kappa shape index (κ1) is 8.30. The van der Waals surface area contributed by atoms with Gasteiger partial charge in [-0.05, 0) is 12.0 Å². The van der Waals surface area contributed by atoms with Crippen molar-refractivity contribution in [3.8, 4) is 0 Å². The Balaban J connectivity index is 2.07. The summed E-state index contributed by atoms with van der Waals surface area (Å²) in [6, 6.07) is 10.2. The number of rotatable bonds is 1. The second-order valence-electron chi connectivity index (χ2n) is 3.33. The van der Waals surface area contributed by atoms with Gasteiger partial charge in [-0.2, -0.15) is 0 Å². The SMILES string of the molecule is O=C1CC[C@H](c2ccccc2)CO1. The topological polar surface area (TPSA) is 26.3 Å². The van der Waals surface area contributed by atoms with Crippen molar-refractivity contribution in [2.45, 2.75) is 18.8 Å². The number of carbonyl (C=O) groups is 1. The van der Waals surface area contributed by atoms with Gasteiger partial charge in [0.2, 0.25) is 0 Å². The van der Waals surface area contributed by atoms with Crippen LogP contribution >= 0.6 is 0 Å². The normalized spacial score (nSPS) is 22.5. The van der Waals surface area contributed by atoms with Crippen LogP contribution in [0.25, 0.3) is 0 Å². The Morgan fingerprint density at radius 1 is 1.23 bits per heavy atom. The fourth-order valence-corrected chi connectivity index (χ4v) is 1.63. The van der Waals surface area contributed by atoms with Gasteiger partial charge in [-0.15, -0.1) is 0 Å². The Kier molecular flexibility index (Phi) is 2.30. The van der Waals surface area contributed by atoms with Crippen LogP contribution in [0.15, 0.2) is 30.3 Å². The van der Waals surface area contributed by atoms with E-state index in [1.807, 2.05) is 18.2 Å². The van der Waals surface area contributed by atoms with Gasteiger partial charge in [0.25, 0.3) is 0 Å². The summed E-state index contributed by atoms with van der Waals surface area (Å²) < 4.78 is 5.01. The van der Waals surface area contributed by atoms with Crippen LogP contribution in [0.2, 0.25) is 0 Å². The number of carbonyl (C=O) groups excluding carboxylic acids is 1. The Hall–Kier alpha value is -1.31. The highest BCUT2D eigenvalue weighted by Crippen LogP contribution is 2.25. The minimum absolute atomic E-state index is 0.0628. The predicted molar refractivity (Wildman–Crippen MR) is 49.4 cm³/mol. The Labute approximate surface area is 77.5 Å². The molecule has 0 spiro atoms. The zero-order chi connectivity index (χ0) is 9.10. The molecule has 1 saturated heterocycles. The first-order valence-electron chi connectivity index (χ1n) is 4.57. The van der Waals surface area contributed by atoms with Gasteiger partial charge in [0.15, 0.2) is 0 Å². The monoisotopic (exact) mass is 176 g/mol. The molecule has 0 aliphatic carbocycles. The standard InChI is InChI=1S/C11H12O2/c12-11-7-6-10(8-13-11)9-4-2-1-3-5-9/h1-5,10H,6-8H2/t10-/m0/s1. The molecule has 1 aromatic rings. The van der Waals surface area contributed by atoms with Crippen LogP contribution in [-0.4, -0.2) is 12.6 Å². The molecular formula is C11H12O2. The molecule has 1 fully saturated rings. The predicted octanol–water partition coefficient (Wildman–Crippen LogP) is 2.11. The molecule has 1 aliphatic heterocycles. The summed E-state index contributed by atoms with van der Waals surface area (Å²) in [5.74, 6) is 0.339. The van der Waals surface area contributed by atoms with Crippen molar-refractivity contribution in [1.82, 2.24) is 0 Å². The molecule has 1 atom stereocenters. The fraction of sp³-hybridized carbons (Fsp3) is 0.364. The van der Waals surface area contributed by atoms with Crippen molar-refractivity contribution in [2.24, 2.45) is 0 Å².